The van der Waals surface area contributed by atoms with Gasteiger partial charge in [-0.1, -0.05) is 35.5 Å². The van der Waals surface area contributed by atoms with Crippen molar-refractivity contribution in [3.63, 3.8) is 0 Å². The van der Waals surface area contributed by atoms with E-state index in [0.717, 1.165) is 5.56 Å². The molecule has 0 bridgehead atoms. The summed E-state index contributed by atoms with van der Waals surface area (Å²) in [5, 5.41) is 6.34. The number of hydrogen-bond donors (Lipinski definition) is 1. The summed E-state index contributed by atoms with van der Waals surface area (Å²) in [6, 6.07) is 11.2. The quantitative estimate of drug-likeness (QED) is 0.560. The minimum absolute atomic E-state index is 0.0917. The molecule has 0 spiro atoms. The molecule has 1 N–H and O–H groups in total. The van der Waals surface area contributed by atoms with E-state index in [9.17, 15) is 9.59 Å². The summed E-state index contributed by atoms with van der Waals surface area (Å²) in [5.41, 5.74) is 0.984. The van der Waals surface area contributed by atoms with Crippen molar-refractivity contribution in [1.82, 2.24) is 10.1 Å². The first-order valence-electron chi connectivity index (χ1n) is 9.29. The average Bonchev–Trinajstić information content (AvgIpc) is 3.09. The lowest BCUT2D eigenvalue weighted by molar-refractivity contribution is -0.139. The number of benzene rings is 1. The Kier molecular flexibility index (Phi) is 9.17. The van der Waals surface area contributed by atoms with E-state index in [4.69, 9.17) is 14.0 Å². The summed E-state index contributed by atoms with van der Waals surface area (Å²) in [5.74, 6) is 0.318. The van der Waals surface area contributed by atoms with Crippen LogP contribution in [0.4, 0.5) is 5.82 Å². The van der Waals surface area contributed by atoms with Crippen LogP contribution in [0.15, 0.2) is 40.9 Å². The van der Waals surface area contributed by atoms with Crippen molar-refractivity contribution in [2.45, 2.75) is 26.9 Å². The molecule has 2 aromatic rings. The van der Waals surface area contributed by atoms with E-state index in [1.54, 1.807) is 13.0 Å². The fourth-order valence-corrected chi connectivity index (χ4v) is 2.50. The van der Waals surface area contributed by atoms with Crippen LogP contribution >= 0.6 is 0 Å². The van der Waals surface area contributed by atoms with Crippen molar-refractivity contribution in [1.29, 1.82) is 0 Å². The summed E-state index contributed by atoms with van der Waals surface area (Å²) in [6.45, 7) is 5.33. The van der Waals surface area contributed by atoms with Crippen molar-refractivity contribution < 1.29 is 23.6 Å². The number of carbonyl (C=O) groups excluding carboxylic acids is 2. The van der Waals surface area contributed by atoms with Gasteiger partial charge in [-0.3, -0.25) is 9.59 Å². The molecule has 8 heteroatoms. The molecule has 1 aromatic carbocycles. The van der Waals surface area contributed by atoms with Crippen LogP contribution in [0.2, 0.25) is 0 Å². The molecule has 28 heavy (non-hydrogen) atoms. The predicted octanol–water partition coefficient (Wildman–Crippen LogP) is 2.39. The molecule has 8 nitrogen and oxygen atoms in total. The average molecular weight is 389 g/mol. The maximum absolute atomic E-state index is 12.5. The largest absolute Gasteiger partial charge is 0.382 e. The first-order chi connectivity index (χ1) is 13.6. The maximum Gasteiger partial charge on any atom is 0.249 e. The van der Waals surface area contributed by atoms with Crippen molar-refractivity contribution in [3.05, 3.63) is 47.7 Å². The Labute approximate surface area is 164 Å². The Hall–Kier alpha value is -2.71. The monoisotopic (exact) mass is 389 g/mol. The Morgan fingerprint density at radius 3 is 2.68 bits per heavy atom. The number of rotatable bonds is 12. The fraction of sp³-hybridized carbons (Fsp3) is 0.450. The van der Waals surface area contributed by atoms with Crippen LogP contribution in [0.5, 0.6) is 0 Å². The number of aromatic nitrogens is 1. The zero-order valence-corrected chi connectivity index (χ0v) is 16.3. The molecular weight excluding hydrogens is 362 g/mol. The van der Waals surface area contributed by atoms with E-state index in [1.165, 1.54) is 4.90 Å². The molecule has 0 radical (unpaired) electrons. The number of amides is 2. The third kappa shape index (κ3) is 7.89. The lowest BCUT2D eigenvalue weighted by atomic mass is 10.2. The molecule has 0 atom stereocenters. The second-order valence-electron chi connectivity index (χ2n) is 6.22. The zero-order chi connectivity index (χ0) is 20.2. The Morgan fingerprint density at radius 2 is 2.00 bits per heavy atom. The first-order valence-corrected chi connectivity index (χ1v) is 9.29. The van der Waals surface area contributed by atoms with Gasteiger partial charge < -0.3 is 24.2 Å². The van der Waals surface area contributed by atoms with E-state index in [-0.39, 0.29) is 25.0 Å². The summed E-state index contributed by atoms with van der Waals surface area (Å²) >= 11 is 0. The van der Waals surface area contributed by atoms with Gasteiger partial charge in [-0.2, -0.15) is 0 Å². The molecule has 0 aliphatic heterocycles. The van der Waals surface area contributed by atoms with Crippen LogP contribution in [0.3, 0.4) is 0 Å². The van der Waals surface area contributed by atoms with Gasteiger partial charge in [-0.25, -0.2) is 0 Å². The van der Waals surface area contributed by atoms with Crippen LogP contribution in [-0.2, 0) is 25.7 Å². The molecule has 1 aromatic heterocycles. The Morgan fingerprint density at radius 1 is 1.21 bits per heavy atom. The van der Waals surface area contributed by atoms with Gasteiger partial charge in [0.2, 0.25) is 11.8 Å². The fourth-order valence-electron chi connectivity index (χ4n) is 2.50. The lowest BCUT2D eigenvalue weighted by Crippen LogP contribution is -2.41. The van der Waals surface area contributed by atoms with E-state index >= 15 is 0 Å². The van der Waals surface area contributed by atoms with Gasteiger partial charge >= 0.3 is 0 Å². The van der Waals surface area contributed by atoms with Crippen molar-refractivity contribution in [3.8, 4) is 0 Å². The molecule has 0 saturated heterocycles. The van der Waals surface area contributed by atoms with Crippen molar-refractivity contribution >= 4 is 17.6 Å². The van der Waals surface area contributed by atoms with Gasteiger partial charge in [0.15, 0.2) is 5.82 Å². The number of nitrogens with one attached hydrogen (secondary N) is 1. The Bertz CT molecular complexity index is 732. The van der Waals surface area contributed by atoms with E-state index in [0.29, 0.717) is 44.4 Å². The number of aryl methyl sites for hydroxylation is 1. The third-order valence-electron chi connectivity index (χ3n) is 3.84. The maximum atomic E-state index is 12.5. The summed E-state index contributed by atoms with van der Waals surface area (Å²) < 4.78 is 15.7. The zero-order valence-electron chi connectivity index (χ0n) is 16.3. The molecule has 0 aliphatic rings. The normalized spacial score (nSPS) is 10.6. The van der Waals surface area contributed by atoms with E-state index in [1.807, 2.05) is 37.3 Å². The van der Waals surface area contributed by atoms with Crippen LogP contribution in [0, 0.1) is 6.92 Å². The number of anilines is 1. The van der Waals surface area contributed by atoms with Crippen LogP contribution in [0.1, 0.15) is 24.7 Å². The highest BCUT2D eigenvalue weighted by molar-refractivity contribution is 5.93. The molecule has 2 rings (SSSR count). The van der Waals surface area contributed by atoms with Gasteiger partial charge in [0, 0.05) is 25.8 Å². The highest BCUT2D eigenvalue weighted by atomic mass is 16.5. The summed E-state index contributed by atoms with van der Waals surface area (Å²) in [7, 11) is 0. The molecule has 0 fully saturated rings. The SMILES string of the molecule is CCOCCCN(CC(=O)Nc1cc(C)on1)C(=O)COCc1ccccc1. The Balaban J connectivity index is 1.85. The first kappa shape index (κ1) is 21.6. The minimum atomic E-state index is -0.346. The van der Waals surface area contributed by atoms with Crippen LogP contribution in [0.25, 0.3) is 0 Å². The van der Waals surface area contributed by atoms with Crippen LogP contribution < -0.4 is 5.32 Å². The van der Waals surface area contributed by atoms with Gasteiger partial charge in [0.25, 0.3) is 0 Å². The van der Waals surface area contributed by atoms with Gasteiger partial charge in [0.05, 0.1) is 13.2 Å². The topological polar surface area (TPSA) is 93.9 Å². The molecule has 1 heterocycles. The smallest absolute Gasteiger partial charge is 0.249 e. The molecule has 0 unspecified atom stereocenters. The second-order valence-corrected chi connectivity index (χ2v) is 6.22. The molecular formula is C20H27N3O5. The third-order valence-corrected chi connectivity index (χ3v) is 3.84. The lowest BCUT2D eigenvalue weighted by Gasteiger charge is -2.22. The van der Waals surface area contributed by atoms with Crippen LogP contribution in [-0.4, -0.2) is 54.8 Å². The predicted molar refractivity (Wildman–Crippen MR) is 104 cm³/mol. The molecule has 0 saturated carbocycles. The molecule has 2 amide bonds. The highest BCUT2D eigenvalue weighted by Crippen LogP contribution is 2.07. The number of hydrogen-bond acceptors (Lipinski definition) is 6. The van der Waals surface area contributed by atoms with E-state index < -0.39 is 0 Å². The standard InChI is InChI=1S/C20H27N3O5/c1-3-26-11-7-10-23(13-19(24)21-18-12-16(2)28-22-18)20(25)15-27-14-17-8-5-4-6-9-17/h4-6,8-9,12H,3,7,10-11,13-15H2,1-2H3,(H,21,22,24). The molecule has 0 aliphatic carbocycles. The summed E-state index contributed by atoms with van der Waals surface area (Å²) in [4.78, 5) is 26.3. The summed E-state index contributed by atoms with van der Waals surface area (Å²) in [6.07, 6.45) is 0.634. The van der Waals surface area contributed by atoms with Crippen molar-refractivity contribution in [2.75, 3.05) is 38.2 Å². The van der Waals surface area contributed by atoms with Gasteiger partial charge in [-0.05, 0) is 25.8 Å². The van der Waals surface area contributed by atoms with E-state index in [2.05, 4.69) is 10.5 Å². The van der Waals surface area contributed by atoms with Gasteiger partial charge in [0.1, 0.15) is 12.4 Å². The minimum Gasteiger partial charge on any atom is -0.382 e. The van der Waals surface area contributed by atoms with Crippen molar-refractivity contribution in [2.24, 2.45) is 0 Å². The number of ether oxygens (including phenoxy) is 2. The van der Waals surface area contributed by atoms with Gasteiger partial charge in [-0.15, -0.1) is 0 Å². The molecule has 152 valence electrons. The highest BCUT2D eigenvalue weighted by Gasteiger charge is 2.18. The number of nitrogens with zero attached hydrogens (tertiary/aromatic N) is 2. The second kappa shape index (κ2) is 11.9. The number of carbonyl (C=O) groups is 2.